The van der Waals surface area contributed by atoms with Crippen molar-refractivity contribution in [2.24, 2.45) is 5.92 Å². The van der Waals surface area contributed by atoms with Gasteiger partial charge in [0.2, 0.25) is 8.32 Å². The van der Waals surface area contributed by atoms with Gasteiger partial charge in [0, 0.05) is 12.3 Å². The van der Waals surface area contributed by atoms with Gasteiger partial charge in [-0.05, 0) is 38.1 Å². The normalized spacial score (nSPS) is 22.7. The number of allylic oxidation sites excluding steroid dienone is 3. The fourth-order valence-corrected chi connectivity index (χ4v) is 3.01. The fraction of sp³-hybridized carbons (Fsp3) is 0.667. The molecule has 1 nitrogen and oxygen atoms in total. The SMILES string of the molecule is C=C[C@@H]1CCC(O[Si](C)(C)C)=C1CC. The van der Waals surface area contributed by atoms with Crippen LogP contribution in [0, 0.1) is 5.92 Å². The summed E-state index contributed by atoms with van der Waals surface area (Å²) in [7, 11) is -1.41. The van der Waals surface area contributed by atoms with Crippen LogP contribution in [0.25, 0.3) is 0 Å². The summed E-state index contributed by atoms with van der Waals surface area (Å²) in [6.07, 6.45) is 5.49. The van der Waals surface area contributed by atoms with Crippen LogP contribution in [0.2, 0.25) is 19.6 Å². The van der Waals surface area contributed by atoms with Crippen molar-refractivity contribution in [3.8, 4) is 0 Å². The highest BCUT2D eigenvalue weighted by Gasteiger charge is 2.26. The second kappa shape index (κ2) is 4.35. The summed E-state index contributed by atoms with van der Waals surface area (Å²) in [4.78, 5) is 0. The van der Waals surface area contributed by atoms with E-state index in [0.29, 0.717) is 5.92 Å². The molecule has 0 fully saturated rings. The fourth-order valence-electron chi connectivity index (χ4n) is 2.03. The molecule has 0 aromatic heterocycles. The first-order valence-electron chi connectivity index (χ1n) is 5.51. The van der Waals surface area contributed by atoms with Crippen molar-refractivity contribution in [2.75, 3.05) is 0 Å². The van der Waals surface area contributed by atoms with Gasteiger partial charge in [-0.15, -0.1) is 6.58 Å². The average molecular weight is 210 g/mol. The molecule has 2 heteroatoms. The Morgan fingerprint density at radius 3 is 2.57 bits per heavy atom. The maximum Gasteiger partial charge on any atom is 0.241 e. The second-order valence-corrected chi connectivity index (χ2v) is 9.33. The highest BCUT2D eigenvalue weighted by molar-refractivity contribution is 6.70. The van der Waals surface area contributed by atoms with E-state index in [1.54, 1.807) is 0 Å². The Kier molecular flexibility index (Phi) is 3.59. The van der Waals surface area contributed by atoms with Gasteiger partial charge in [0.15, 0.2) is 0 Å². The van der Waals surface area contributed by atoms with E-state index in [9.17, 15) is 0 Å². The summed E-state index contributed by atoms with van der Waals surface area (Å²) in [6, 6.07) is 0. The summed E-state index contributed by atoms with van der Waals surface area (Å²) in [5.41, 5.74) is 1.49. The summed E-state index contributed by atoms with van der Waals surface area (Å²) in [5.74, 6) is 1.85. The third kappa shape index (κ3) is 2.74. The van der Waals surface area contributed by atoms with Crippen molar-refractivity contribution in [1.29, 1.82) is 0 Å². The Morgan fingerprint density at radius 2 is 2.14 bits per heavy atom. The molecule has 80 valence electrons. The van der Waals surface area contributed by atoms with Crippen molar-refractivity contribution in [2.45, 2.75) is 45.8 Å². The molecule has 1 atom stereocenters. The van der Waals surface area contributed by atoms with Crippen LogP contribution < -0.4 is 0 Å². The lowest BCUT2D eigenvalue weighted by molar-refractivity contribution is 0.403. The van der Waals surface area contributed by atoms with Gasteiger partial charge < -0.3 is 4.43 Å². The molecule has 1 aliphatic rings. The zero-order valence-corrected chi connectivity index (χ0v) is 10.9. The van der Waals surface area contributed by atoms with Crippen LogP contribution in [0.5, 0.6) is 0 Å². The lowest BCUT2D eigenvalue weighted by Gasteiger charge is -2.21. The first-order valence-corrected chi connectivity index (χ1v) is 8.92. The molecular weight excluding hydrogens is 188 g/mol. The Balaban J connectivity index is 2.80. The summed E-state index contributed by atoms with van der Waals surface area (Å²) in [6.45, 7) is 12.8. The zero-order chi connectivity index (χ0) is 10.8. The molecule has 0 bridgehead atoms. The molecule has 0 aliphatic heterocycles. The molecule has 14 heavy (non-hydrogen) atoms. The minimum atomic E-state index is -1.41. The molecule has 1 aliphatic carbocycles. The van der Waals surface area contributed by atoms with Gasteiger partial charge in [0.1, 0.15) is 0 Å². The second-order valence-electron chi connectivity index (χ2n) is 4.90. The van der Waals surface area contributed by atoms with Gasteiger partial charge in [0.25, 0.3) is 0 Å². The lowest BCUT2D eigenvalue weighted by Crippen LogP contribution is -2.24. The van der Waals surface area contributed by atoms with Crippen molar-refractivity contribution in [1.82, 2.24) is 0 Å². The van der Waals surface area contributed by atoms with Crippen LogP contribution in [-0.4, -0.2) is 8.32 Å². The van der Waals surface area contributed by atoms with Crippen molar-refractivity contribution < 1.29 is 4.43 Å². The molecule has 0 heterocycles. The van der Waals surface area contributed by atoms with Crippen LogP contribution in [0.3, 0.4) is 0 Å². The highest BCUT2D eigenvalue weighted by Crippen LogP contribution is 2.36. The zero-order valence-electron chi connectivity index (χ0n) is 9.89. The van der Waals surface area contributed by atoms with Crippen molar-refractivity contribution in [3.63, 3.8) is 0 Å². The van der Waals surface area contributed by atoms with Crippen LogP contribution in [0.1, 0.15) is 26.2 Å². The van der Waals surface area contributed by atoms with E-state index in [1.165, 1.54) is 17.8 Å². The molecule has 0 aromatic rings. The van der Waals surface area contributed by atoms with Crippen LogP contribution in [0.4, 0.5) is 0 Å². The number of hydrogen-bond donors (Lipinski definition) is 0. The molecule has 0 aromatic carbocycles. The summed E-state index contributed by atoms with van der Waals surface area (Å²) >= 11 is 0. The first-order chi connectivity index (χ1) is 6.48. The lowest BCUT2D eigenvalue weighted by atomic mass is 10.00. The molecule has 0 saturated heterocycles. The monoisotopic (exact) mass is 210 g/mol. The first kappa shape index (κ1) is 11.6. The van der Waals surface area contributed by atoms with Gasteiger partial charge in [-0.2, -0.15) is 0 Å². The minimum absolute atomic E-state index is 0.575. The quantitative estimate of drug-likeness (QED) is 0.501. The standard InChI is InChI=1S/C12H22OSi/c1-6-10-8-9-12(11(10)7-2)13-14(3,4)5/h6,10H,1,7-9H2,2-5H3/t10-/m1/s1. The van der Waals surface area contributed by atoms with Crippen LogP contribution in [0.15, 0.2) is 24.0 Å². The maximum atomic E-state index is 6.10. The summed E-state index contributed by atoms with van der Waals surface area (Å²) < 4.78 is 6.10. The highest BCUT2D eigenvalue weighted by atomic mass is 28.4. The molecule has 0 saturated carbocycles. The van der Waals surface area contributed by atoms with E-state index < -0.39 is 8.32 Å². The molecule has 0 amide bonds. The van der Waals surface area contributed by atoms with Crippen LogP contribution in [-0.2, 0) is 4.43 Å². The number of hydrogen-bond acceptors (Lipinski definition) is 1. The molecular formula is C12H22OSi. The van der Waals surface area contributed by atoms with Crippen LogP contribution >= 0.6 is 0 Å². The van der Waals surface area contributed by atoms with E-state index >= 15 is 0 Å². The number of rotatable bonds is 4. The molecule has 0 N–H and O–H groups in total. The molecule has 0 radical (unpaired) electrons. The maximum absolute atomic E-state index is 6.10. The predicted molar refractivity (Wildman–Crippen MR) is 64.7 cm³/mol. The largest absolute Gasteiger partial charge is 0.547 e. The summed E-state index contributed by atoms with van der Waals surface area (Å²) in [5, 5.41) is 0. The van der Waals surface area contributed by atoms with E-state index in [-0.39, 0.29) is 0 Å². The molecule has 1 rings (SSSR count). The van der Waals surface area contributed by atoms with Gasteiger partial charge >= 0.3 is 0 Å². The predicted octanol–water partition coefficient (Wildman–Crippen LogP) is 4.10. The van der Waals surface area contributed by atoms with Gasteiger partial charge in [-0.1, -0.05) is 13.0 Å². The topological polar surface area (TPSA) is 9.23 Å². The third-order valence-corrected chi connectivity index (χ3v) is 3.44. The van der Waals surface area contributed by atoms with E-state index in [2.05, 4.69) is 39.2 Å². The Hall–Kier alpha value is -0.503. The molecule has 0 spiro atoms. The Morgan fingerprint density at radius 1 is 1.50 bits per heavy atom. The Bertz CT molecular complexity index is 248. The van der Waals surface area contributed by atoms with E-state index in [1.807, 2.05) is 0 Å². The molecule has 0 unspecified atom stereocenters. The van der Waals surface area contributed by atoms with E-state index in [4.69, 9.17) is 4.43 Å². The van der Waals surface area contributed by atoms with Gasteiger partial charge in [-0.25, -0.2) is 0 Å². The van der Waals surface area contributed by atoms with Gasteiger partial charge in [0.05, 0.1) is 5.76 Å². The smallest absolute Gasteiger partial charge is 0.241 e. The minimum Gasteiger partial charge on any atom is -0.547 e. The van der Waals surface area contributed by atoms with Crippen molar-refractivity contribution in [3.05, 3.63) is 24.0 Å². The van der Waals surface area contributed by atoms with Gasteiger partial charge in [-0.3, -0.25) is 0 Å². The average Bonchev–Trinajstić information content (AvgIpc) is 2.43. The van der Waals surface area contributed by atoms with E-state index in [0.717, 1.165) is 12.8 Å². The third-order valence-electron chi connectivity index (χ3n) is 2.58. The van der Waals surface area contributed by atoms with Crippen molar-refractivity contribution >= 4 is 8.32 Å². The Labute approximate surface area is 89.0 Å².